The first kappa shape index (κ1) is 19.1. The van der Waals surface area contributed by atoms with Gasteiger partial charge in [-0.3, -0.25) is 9.09 Å². The molecule has 1 aliphatic rings. The zero-order chi connectivity index (χ0) is 18.9. The first-order chi connectivity index (χ1) is 12.3. The van der Waals surface area contributed by atoms with Crippen LogP contribution >= 0.6 is 7.82 Å². The SMILES string of the molecule is CCCOC1C(O)[C@H](n2cnc3c(N)ncnc32)O[C@@H]1COP(=O)(O)O. The van der Waals surface area contributed by atoms with Gasteiger partial charge >= 0.3 is 7.82 Å². The van der Waals surface area contributed by atoms with Gasteiger partial charge in [0.2, 0.25) is 0 Å². The highest BCUT2D eigenvalue weighted by Crippen LogP contribution is 2.39. The predicted octanol–water partition coefficient (Wildman–Crippen LogP) is -0.429. The standard InChI is InChI=1S/C13H20N5O7P/c1-2-3-23-10-7(4-24-26(20,21)22)25-13(9(10)19)18-6-17-8-11(14)15-5-16-12(8)18/h5-7,9-10,13,19H,2-4H2,1H3,(H2,14,15,16)(H2,20,21,22)/t7-,9?,10?,13-/m1/s1. The number of aromatic nitrogens is 4. The van der Waals surface area contributed by atoms with Gasteiger partial charge in [0.25, 0.3) is 0 Å². The highest BCUT2D eigenvalue weighted by molar-refractivity contribution is 7.46. The molecule has 3 rings (SSSR count). The fraction of sp³-hybridized carbons (Fsp3) is 0.615. The summed E-state index contributed by atoms with van der Waals surface area (Å²) in [7, 11) is -4.69. The molecule has 0 spiro atoms. The minimum atomic E-state index is -4.69. The van der Waals surface area contributed by atoms with Crippen LogP contribution < -0.4 is 5.73 Å². The largest absolute Gasteiger partial charge is 0.469 e. The Kier molecular flexibility index (Phi) is 5.53. The second-order valence-corrected chi connectivity index (χ2v) is 7.00. The summed E-state index contributed by atoms with van der Waals surface area (Å²) in [4.78, 5) is 29.9. The molecule has 5 N–H and O–H groups in total. The first-order valence-corrected chi connectivity index (χ1v) is 9.43. The van der Waals surface area contributed by atoms with Gasteiger partial charge in [-0.2, -0.15) is 0 Å². The van der Waals surface area contributed by atoms with Crippen LogP contribution in [0.2, 0.25) is 0 Å². The smallest absolute Gasteiger partial charge is 0.386 e. The van der Waals surface area contributed by atoms with Crippen molar-refractivity contribution in [2.24, 2.45) is 0 Å². The Balaban J connectivity index is 1.87. The molecule has 0 aliphatic carbocycles. The van der Waals surface area contributed by atoms with Gasteiger partial charge in [0.1, 0.15) is 30.2 Å². The van der Waals surface area contributed by atoms with E-state index in [0.717, 1.165) is 0 Å². The summed E-state index contributed by atoms with van der Waals surface area (Å²) in [6.07, 6.45) is -0.475. The Morgan fingerprint density at radius 3 is 2.85 bits per heavy atom. The average Bonchev–Trinajstić information content (AvgIpc) is 3.13. The van der Waals surface area contributed by atoms with Crippen LogP contribution in [0.25, 0.3) is 11.2 Å². The minimum absolute atomic E-state index is 0.182. The van der Waals surface area contributed by atoms with Gasteiger partial charge in [-0.25, -0.2) is 19.5 Å². The number of anilines is 1. The van der Waals surface area contributed by atoms with E-state index in [9.17, 15) is 9.67 Å². The van der Waals surface area contributed by atoms with Crippen LogP contribution in [0.1, 0.15) is 19.6 Å². The lowest BCUT2D eigenvalue weighted by Gasteiger charge is -2.20. The van der Waals surface area contributed by atoms with Crippen LogP contribution in [0.15, 0.2) is 12.7 Å². The first-order valence-electron chi connectivity index (χ1n) is 7.90. The van der Waals surface area contributed by atoms with E-state index in [-0.39, 0.29) is 5.82 Å². The number of phosphoric acid groups is 1. The van der Waals surface area contributed by atoms with Crippen molar-refractivity contribution in [3.8, 4) is 0 Å². The third-order valence-electron chi connectivity index (χ3n) is 3.89. The molecule has 2 aromatic heterocycles. The second kappa shape index (κ2) is 7.53. The minimum Gasteiger partial charge on any atom is -0.386 e. The molecule has 1 saturated heterocycles. The molecule has 144 valence electrons. The molecule has 2 unspecified atom stereocenters. The van der Waals surface area contributed by atoms with Crippen LogP contribution in [0, 0.1) is 0 Å². The van der Waals surface area contributed by atoms with Gasteiger partial charge in [-0.1, -0.05) is 6.92 Å². The topological polar surface area (TPSA) is 175 Å². The molecule has 12 nitrogen and oxygen atoms in total. The van der Waals surface area contributed by atoms with E-state index in [0.29, 0.717) is 24.2 Å². The lowest BCUT2D eigenvalue weighted by molar-refractivity contribution is -0.0593. The molecule has 0 bridgehead atoms. The molecule has 0 radical (unpaired) electrons. The second-order valence-electron chi connectivity index (χ2n) is 5.76. The van der Waals surface area contributed by atoms with E-state index in [1.807, 2.05) is 6.92 Å². The summed E-state index contributed by atoms with van der Waals surface area (Å²) in [5, 5.41) is 10.7. The van der Waals surface area contributed by atoms with E-state index in [1.165, 1.54) is 17.2 Å². The maximum absolute atomic E-state index is 11.0. The lowest BCUT2D eigenvalue weighted by Crippen LogP contribution is -2.36. The van der Waals surface area contributed by atoms with Crippen molar-refractivity contribution < 1.29 is 33.5 Å². The molecule has 2 aromatic rings. The summed E-state index contributed by atoms with van der Waals surface area (Å²) in [6.45, 7) is 1.78. The summed E-state index contributed by atoms with van der Waals surface area (Å²) in [5.41, 5.74) is 6.46. The molecule has 1 aliphatic heterocycles. The normalized spacial score (nSPS) is 26.6. The summed E-state index contributed by atoms with van der Waals surface area (Å²) >= 11 is 0. The Labute approximate surface area is 148 Å². The van der Waals surface area contributed by atoms with Crippen molar-refractivity contribution in [1.82, 2.24) is 19.5 Å². The number of ether oxygens (including phenoxy) is 2. The van der Waals surface area contributed by atoms with Crippen molar-refractivity contribution in [3.63, 3.8) is 0 Å². The maximum Gasteiger partial charge on any atom is 0.469 e. The van der Waals surface area contributed by atoms with Gasteiger partial charge in [-0.15, -0.1) is 0 Å². The molecule has 0 saturated carbocycles. The molecule has 3 heterocycles. The number of phosphoric ester groups is 1. The zero-order valence-corrected chi connectivity index (χ0v) is 14.8. The van der Waals surface area contributed by atoms with Gasteiger partial charge in [-0.05, 0) is 6.42 Å². The third kappa shape index (κ3) is 3.86. The van der Waals surface area contributed by atoms with Gasteiger partial charge in [0.05, 0.1) is 12.9 Å². The summed E-state index contributed by atoms with van der Waals surface area (Å²) in [5.74, 6) is 0.182. The quantitative estimate of drug-likeness (QED) is 0.452. The average molecular weight is 389 g/mol. The Morgan fingerprint density at radius 2 is 2.15 bits per heavy atom. The lowest BCUT2D eigenvalue weighted by atomic mass is 10.1. The monoisotopic (exact) mass is 389 g/mol. The number of nitrogens with zero attached hydrogens (tertiary/aromatic N) is 4. The third-order valence-corrected chi connectivity index (χ3v) is 4.38. The maximum atomic E-state index is 11.0. The number of aliphatic hydroxyl groups is 1. The molecule has 1 fully saturated rings. The van der Waals surface area contributed by atoms with Crippen molar-refractivity contribution >= 4 is 24.8 Å². The van der Waals surface area contributed by atoms with Crippen molar-refractivity contribution in [2.75, 3.05) is 18.9 Å². The molecular formula is C13H20N5O7P. The fourth-order valence-corrected chi connectivity index (χ4v) is 3.11. The van der Waals surface area contributed by atoms with Crippen LogP contribution in [-0.4, -0.2) is 65.9 Å². The highest BCUT2D eigenvalue weighted by atomic mass is 31.2. The number of aliphatic hydroxyl groups excluding tert-OH is 1. The number of hydrogen-bond donors (Lipinski definition) is 4. The highest BCUT2D eigenvalue weighted by Gasteiger charge is 2.46. The van der Waals surface area contributed by atoms with Gasteiger partial charge in [0, 0.05) is 6.61 Å². The Bertz CT molecular complexity index is 811. The van der Waals surface area contributed by atoms with E-state index in [4.69, 9.17) is 25.0 Å². The van der Waals surface area contributed by atoms with Crippen molar-refractivity contribution in [1.29, 1.82) is 0 Å². The number of nitrogens with two attached hydrogens (primary N) is 1. The van der Waals surface area contributed by atoms with E-state index >= 15 is 0 Å². The van der Waals surface area contributed by atoms with E-state index in [2.05, 4.69) is 19.5 Å². The molecular weight excluding hydrogens is 369 g/mol. The van der Waals surface area contributed by atoms with Crippen molar-refractivity contribution in [3.05, 3.63) is 12.7 Å². The van der Waals surface area contributed by atoms with Gasteiger partial charge < -0.3 is 30.1 Å². The number of hydrogen-bond acceptors (Lipinski definition) is 9. The Morgan fingerprint density at radius 1 is 1.38 bits per heavy atom. The number of nitrogen functional groups attached to an aromatic ring is 1. The zero-order valence-electron chi connectivity index (χ0n) is 13.9. The van der Waals surface area contributed by atoms with E-state index < -0.39 is 39.0 Å². The van der Waals surface area contributed by atoms with E-state index in [1.54, 1.807) is 0 Å². The van der Waals surface area contributed by atoms with Crippen LogP contribution in [0.5, 0.6) is 0 Å². The molecule has 4 atom stereocenters. The number of fused-ring (bicyclic) bond motifs is 1. The fourth-order valence-electron chi connectivity index (χ4n) is 2.77. The molecule has 26 heavy (non-hydrogen) atoms. The molecule has 13 heteroatoms. The number of imidazole rings is 1. The molecule has 0 amide bonds. The summed E-state index contributed by atoms with van der Waals surface area (Å²) < 4.78 is 28.3. The van der Waals surface area contributed by atoms with Crippen molar-refractivity contribution in [2.45, 2.75) is 37.9 Å². The van der Waals surface area contributed by atoms with Gasteiger partial charge in [0.15, 0.2) is 17.7 Å². The van der Waals surface area contributed by atoms with Crippen LogP contribution in [-0.2, 0) is 18.6 Å². The molecule has 0 aromatic carbocycles. The van der Waals surface area contributed by atoms with Crippen LogP contribution in [0.4, 0.5) is 5.82 Å². The Hall–Kier alpha value is -1.66. The van der Waals surface area contributed by atoms with Crippen LogP contribution in [0.3, 0.4) is 0 Å². The summed E-state index contributed by atoms with van der Waals surface area (Å²) in [6, 6.07) is 0. The predicted molar refractivity (Wildman–Crippen MR) is 87.7 cm³/mol. The number of rotatable bonds is 7.